The molecule has 0 aromatic carbocycles. The molecule has 0 aromatic rings. The van der Waals surface area contributed by atoms with Gasteiger partial charge in [0.15, 0.2) is 0 Å². The SMILES string of the molecule is F[P-](F)(F)(F)(F)F.O=C(C1CCCN1)[N+](C(=O)C1CCCN1)(C(=O)C1CCCN1)C(=O)C1CCCN1. The Morgan fingerprint density at radius 1 is 0.500 bits per heavy atom. The fourth-order valence-corrected chi connectivity index (χ4v) is 5.17. The molecule has 4 heterocycles. The van der Waals surface area contributed by atoms with Gasteiger partial charge in [0.2, 0.25) is 0 Å². The van der Waals surface area contributed by atoms with Gasteiger partial charge in [-0.25, -0.2) is 19.2 Å². The number of rotatable bonds is 4. The van der Waals surface area contributed by atoms with Crippen molar-refractivity contribution < 1.29 is 48.8 Å². The van der Waals surface area contributed by atoms with Gasteiger partial charge in [0, 0.05) is 0 Å². The average molecular weight is 551 g/mol. The summed E-state index contributed by atoms with van der Waals surface area (Å²) in [5.41, 5.74) is 0. The Labute approximate surface area is 203 Å². The maximum atomic E-state index is 13.8. The molecule has 0 aromatic heterocycles. The molecule has 0 saturated carbocycles. The van der Waals surface area contributed by atoms with Gasteiger partial charge < -0.3 is 21.3 Å². The van der Waals surface area contributed by atoms with E-state index >= 15 is 0 Å². The number of amides is 4. The zero-order chi connectivity index (χ0) is 26.8. The molecule has 36 heavy (non-hydrogen) atoms. The van der Waals surface area contributed by atoms with Crippen molar-refractivity contribution in [2.75, 3.05) is 26.2 Å². The second kappa shape index (κ2) is 9.99. The monoisotopic (exact) mass is 551 g/mol. The smallest absolute Gasteiger partial charge is 0.302 e. The predicted octanol–water partition coefficient (Wildman–Crippen LogP) is 2.30. The molecule has 4 atom stereocenters. The number of hydrogen-bond acceptors (Lipinski definition) is 8. The number of hydrogen-bond donors (Lipinski definition) is 4. The minimum absolute atomic E-state index is 0.543. The molecule has 16 heteroatoms. The minimum atomic E-state index is -10.7. The summed E-state index contributed by atoms with van der Waals surface area (Å²) in [4.78, 5) is 55.3. The molecular formula is C20H32F6N5O4P. The molecule has 0 radical (unpaired) electrons. The van der Waals surface area contributed by atoms with E-state index in [1.807, 2.05) is 0 Å². The van der Waals surface area contributed by atoms with Crippen LogP contribution >= 0.6 is 7.81 Å². The number of imide groups is 6. The Bertz CT molecular complexity index is 750. The zero-order valence-corrected chi connectivity index (χ0v) is 20.5. The van der Waals surface area contributed by atoms with E-state index in [1.165, 1.54) is 0 Å². The molecule has 9 nitrogen and oxygen atoms in total. The molecule has 4 saturated heterocycles. The van der Waals surface area contributed by atoms with Crippen LogP contribution in [0, 0.1) is 0 Å². The van der Waals surface area contributed by atoms with Crippen LogP contribution in [-0.4, -0.2) is 78.5 Å². The Kier molecular flexibility index (Phi) is 8.06. The summed E-state index contributed by atoms with van der Waals surface area (Å²) in [6, 6.07) is -2.57. The van der Waals surface area contributed by atoms with Gasteiger partial charge in [-0.15, -0.1) is 0 Å². The summed E-state index contributed by atoms with van der Waals surface area (Å²) in [6.07, 6.45) is 5.33. The first kappa shape index (κ1) is 29.1. The Morgan fingerprint density at radius 2 is 0.694 bits per heavy atom. The van der Waals surface area contributed by atoms with Crippen LogP contribution in [0.3, 0.4) is 0 Å². The molecule has 4 amide bonds. The molecule has 0 spiro atoms. The van der Waals surface area contributed by atoms with Crippen molar-refractivity contribution in [3.8, 4) is 0 Å². The van der Waals surface area contributed by atoms with Gasteiger partial charge >= 0.3 is 56.6 Å². The van der Waals surface area contributed by atoms with E-state index in [2.05, 4.69) is 21.3 Å². The van der Waals surface area contributed by atoms with Crippen LogP contribution in [0.5, 0.6) is 0 Å². The first-order chi connectivity index (χ1) is 16.5. The third-order valence-corrected chi connectivity index (χ3v) is 6.76. The number of carbonyl (C=O) groups is 4. The maximum absolute atomic E-state index is 13.8. The van der Waals surface area contributed by atoms with Gasteiger partial charge in [-0.3, -0.25) is 0 Å². The van der Waals surface area contributed by atoms with E-state index < -0.39 is 60.1 Å². The summed E-state index contributed by atoms with van der Waals surface area (Å²) in [5, 5.41) is 12.5. The van der Waals surface area contributed by atoms with Gasteiger partial charge in [-0.2, -0.15) is 0 Å². The van der Waals surface area contributed by atoms with Crippen LogP contribution in [0.15, 0.2) is 0 Å². The van der Waals surface area contributed by atoms with Crippen molar-refractivity contribution in [3.63, 3.8) is 0 Å². The van der Waals surface area contributed by atoms with E-state index in [-0.39, 0.29) is 0 Å². The van der Waals surface area contributed by atoms with Crippen LogP contribution in [0.4, 0.5) is 25.2 Å². The Morgan fingerprint density at radius 3 is 0.833 bits per heavy atom. The van der Waals surface area contributed by atoms with E-state index in [9.17, 15) is 44.4 Å². The van der Waals surface area contributed by atoms with Crippen molar-refractivity contribution in [2.45, 2.75) is 75.5 Å². The molecular weight excluding hydrogens is 519 g/mol. The second-order valence-electron chi connectivity index (χ2n) is 9.58. The third kappa shape index (κ3) is 7.29. The molecule has 4 rings (SSSR count). The third-order valence-electron chi connectivity index (χ3n) is 6.76. The van der Waals surface area contributed by atoms with Crippen LogP contribution in [0.2, 0.25) is 0 Å². The molecule has 0 aliphatic carbocycles. The maximum Gasteiger partial charge on any atom is 0.353 e. The second-order valence-corrected chi connectivity index (χ2v) is 11.5. The van der Waals surface area contributed by atoms with Crippen molar-refractivity contribution in [2.24, 2.45) is 0 Å². The summed E-state index contributed by atoms with van der Waals surface area (Å²) in [6.45, 7) is 2.60. The fraction of sp³-hybridized carbons (Fsp3) is 0.800. The molecule has 4 aliphatic rings. The summed E-state index contributed by atoms with van der Waals surface area (Å²) >= 11 is 0. The molecule has 4 N–H and O–H groups in total. The Hall–Kier alpha value is -1.51. The van der Waals surface area contributed by atoms with Gasteiger partial charge in [-0.1, -0.05) is 4.48 Å². The first-order valence-corrected chi connectivity index (χ1v) is 14.1. The molecule has 4 aliphatic heterocycles. The molecule has 0 bridgehead atoms. The van der Waals surface area contributed by atoms with Crippen LogP contribution in [0.1, 0.15) is 51.4 Å². The average Bonchev–Trinajstić information content (AvgIpc) is 3.59. The molecule has 4 fully saturated rings. The van der Waals surface area contributed by atoms with E-state index in [1.54, 1.807) is 0 Å². The number of quaternary nitrogens is 1. The number of nitrogens with one attached hydrogen (secondary N) is 4. The molecule has 4 unspecified atom stereocenters. The quantitative estimate of drug-likeness (QED) is 0.182. The number of nitrogens with zero attached hydrogens (tertiary/aromatic N) is 1. The zero-order valence-electron chi connectivity index (χ0n) is 19.6. The fourth-order valence-electron chi connectivity index (χ4n) is 5.17. The van der Waals surface area contributed by atoms with Crippen molar-refractivity contribution in [3.05, 3.63) is 0 Å². The summed E-state index contributed by atoms with van der Waals surface area (Å²) in [5.74, 6) is -2.34. The first-order valence-electron chi connectivity index (χ1n) is 12.1. The van der Waals surface area contributed by atoms with E-state index in [0.717, 1.165) is 25.7 Å². The standard InChI is InChI=1S/C20H32N5O4.F6P/c26-17(13-5-1-9-21-13)25(18(27)14-6-2-10-22-14,19(28)15-7-3-11-23-15)20(29)16-8-4-12-24-16;1-7(2,3,4,5)6/h13-16,21-24H,1-12H2;/q+1;-1. The van der Waals surface area contributed by atoms with E-state index in [0.29, 0.717) is 51.9 Å². The Balaban J connectivity index is 0.000000454. The normalized spacial score (nSPS) is 32.1. The van der Waals surface area contributed by atoms with Gasteiger partial charge in [-0.05, 0) is 77.5 Å². The van der Waals surface area contributed by atoms with Crippen LogP contribution < -0.4 is 21.3 Å². The van der Waals surface area contributed by atoms with Gasteiger partial charge in [0.1, 0.15) is 24.2 Å². The van der Waals surface area contributed by atoms with Gasteiger partial charge in [0.25, 0.3) is 0 Å². The van der Waals surface area contributed by atoms with Crippen molar-refractivity contribution in [1.29, 1.82) is 0 Å². The van der Waals surface area contributed by atoms with Crippen molar-refractivity contribution in [1.82, 2.24) is 21.3 Å². The number of carbonyl (C=O) groups excluding carboxylic acids is 4. The summed E-state index contributed by atoms with van der Waals surface area (Å²) < 4.78 is 57.9. The van der Waals surface area contributed by atoms with E-state index in [4.69, 9.17) is 0 Å². The topological polar surface area (TPSA) is 116 Å². The minimum Gasteiger partial charge on any atom is -0.302 e. The van der Waals surface area contributed by atoms with Crippen LogP contribution in [0.25, 0.3) is 0 Å². The predicted molar refractivity (Wildman–Crippen MR) is 118 cm³/mol. The van der Waals surface area contributed by atoms with Gasteiger partial charge in [0.05, 0.1) is 0 Å². The van der Waals surface area contributed by atoms with Crippen LogP contribution in [-0.2, 0) is 19.2 Å². The largest absolute Gasteiger partial charge is 0.353 e. The molecule has 208 valence electrons. The number of halogens is 6. The summed E-state index contributed by atoms with van der Waals surface area (Å²) in [7, 11) is -10.7. The van der Waals surface area contributed by atoms with Crippen molar-refractivity contribution >= 4 is 31.4 Å².